The number of aryl methyl sites for hydroxylation is 1. The first-order valence-corrected chi connectivity index (χ1v) is 7.00. The van der Waals surface area contributed by atoms with Crippen LogP contribution in [0.1, 0.15) is 23.4 Å². The smallest absolute Gasteiger partial charge is 0.304 e. The molecule has 2 rings (SSSR count). The molecule has 0 amide bonds. The van der Waals surface area contributed by atoms with Crippen molar-refractivity contribution in [1.82, 2.24) is 14.7 Å². The Morgan fingerprint density at radius 3 is 2.57 bits per heavy atom. The van der Waals surface area contributed by atoms with Gasteiger partial charge in [0.05, 0.1) is 17.8 Å². The summed E-state index contributed by atoms with van der Waals surface area (Å²) in [5.74, 6) is -0.768. The summed E-state index contributed by atoms with van der Waals surface area (Å²) in [4.78, 5) is 12.7. The van der Waals surface area contributed by atoms with Crippen molar-refractivity contribution < 1.29 is 9.90 Å². The van der Waals surface area contributed by atoms with Gasteiger partial charge >= 0.3 is 5.97 Å². The highest BCUT2D eigenvalue weighted by Crippen LogP contribution is 2.19. The topological polar surface area (TPSA) is 58.4 Å². The first-order valence-electron chi connectivity index (χ1n) is 7.00. The first kappa shape index (κ1) is 15.3. The molecule has 1 aromatic carbocycles. The van der Waals surface area contributed by atoms with Crippen molar-refractivity contribution in [1.29, 1.82) is 0 Å². The Bertz CT molecular complexity index is 620. The zero-order chi connectivity index (χ0) is 15.4. The van der Waals surface area contributed by atoms with E-state index in [4.69, 9.17) is 5.11 Å². The van der Waals surface area contributed by atoms with E-state index in [1.165, 1.54) is 0 Å². The third-order valence-electron chi connectivity index (χ3n) is 3.58. The molecule has 0 radical (unpaired) electrons. The van der Waals surface area contributed by atoms with Crippen molar-refractivity contribution in [3.05, 3.63) is 47.3 Å². The summed E-state index contributed by atoms with van der Waals surface area (Å²) in [6.07, 6.45) is 0.154. The fraction of sp³-hybridized carbons (Fsp3) is 0.375. The fourth-order valence-corrected chi connectivity index (χ4v) is 2.36. The second kappa shape index (κ2) is 6.54. The summed E-state index contributed by atoms with van der Waals surface area (Å²) in [7, 11) is 1.93. The van der Waals surface area contributed by atoms with Gasteiger partial charge in [0, 0.05) is 24.3 Å². The number of hydrogen-bond donors (Lipinski definition) is 1. The Morgan fingerprint density at radius 2 is 1.95 bits per heavy atom. The van der Waals surface area contributed by atoms with Crippen LogP contribution in [-0.4, -0.2) is 39.3 Å². The molecular formula is C16H21N3O2. The molecule has 0 bridgehead atoms. The van der Waals surface area contributed by atoms with Gasteiger partial charge in [0.1, 0.15) is 0 Å². The summed E-state index contributed by atoms with van der Waals surface area (Å²) in [6.45, 7) is 5.28. The molecule has 5 nitrogen and oxygen atoms in total. The fourth-order valence-electron chi connectivity index (χ4n) is 2.36. The number of carboxylic acid groups (broad SMARTS) is 1. The van der Waals surface area contributed by atoms with Crippen LogP contribution in [0.4, 0.5) is 0 Å². The van der Waals surface area contributed by atoms with Crippen LogP contribution < -0.4 is 0 Å². The quantitative estimate of drug-likeness (QED) is 0.886. The first-order chi connectivity index (χ1) is 9.99. The molecule has 0 unspecified atom stereocenters. The van der Waals surface area contributed by atoms with E-state index in [9.17, 15) is 4.79 Å². The molecule has 21 heavy (non-hydrogen) atoms. The minimum absolute atomic E-state index is 0.154. The Kier molecular flexibility index (Phi) is 4.75. The number of carboxylic acids is 1. The van der Waals surface area contributed by atoms with Crippen LogP contribution in [0.25, 0.3) is 5.69 Å². The van der Waals surface area contributed by atoms with Crippen molar-refractivity contribution in [2.24, 2.45) is 0 Å². The zero-order valence-corrected chi connectivity index (χ0v) is 12.7. The molecule has 1 N–H and O–H groups in total. The van der Waals surface area contributed by atoms with Crippen LogP contribution in [0.3, 0.4) is 0 Å². The molecule has 0 aliphatic heterocycles. The van der Waals surface area contributed by atoms with Gasteiger partial charge in [0.15, 0.2) is 0 Å². The van der Waals surface area contributed by atoms with Crippen molar-refractivity contribution in [2.45, 2.75) is 26.8 Å². The third kappa shape index (κ3) is 3.70. The Morgan fingerprint density at radius 1 is 1.29 bits per heavy atom. The van der Waals surface area contributed by atoms with Crippen molar-refractivity contribution in [2.75, 3.05) is 13.6 Å². The summed E-state index contributed by atoms with van der Waals surface area (Å²) < 4.78 is 1.94. The predicted octanol–water partition coefficient (Wildman–Crippen LogP) is 2.40. The minimum atomic E-state index is -0.768. The number of hydrogen-bond acceptors (Lipinski definition) is 3. The maximum Gasteiger partial charge on any atom is 0.304 e. The second-order valence-electron chi connectivity index (χ2n) is 5.28. The van der Waals surface area contributed by atoms with Gasteiger partial charge in [-0.05, 0) is 33.0 Å². The van der Waals surface area contributed by atoms with E-state index in [-0.39, 0.29) is 6.42 Å². The van der Waals surface area contributed by atoms with E-state index in [0.29, 0.717) is 13.1 Å². The Labute approximate surface area is 124 Å². The lowest BCUT2D eigenvalue weighted by atomic mass is 10.2. The van der Waals surface area contributed by atoms with Crippen LogP contribution in [0.2, 0.25) is 0 Å². The van der Waals surface area contributed by atoms with Gasteiger partial charge in [-0.2, -0.15) is 5.10 Å². The lowest BCUT2D eigenvalue weighted by Crippen LogP contribution is -2.22. The second-order valence-corrected chi connectivity index (χ2v) is 5.28. The number of rotatable bonds is 6. The summed E-state index contributed by atoms with van der Waals surface area (Å²) in [5, 5.41) is 13.3. The van der Waals surface area contributed by atoms with Gasteiger partial charge in [-0.25, -0.2) is 4.68 Å². The van der Waals surface area contributed by atoms with Crippen molar-refractivity contribution in [3.63, 3.8) is 0 Å². The van der Waals surface area contributed by atoms with Crippen LogP contribution in [0.15, 0.2) is 30.3 Å². The number of benzene rings is 1. The molecular weight excluding hydrogens is 266 g/mol. The number of aliphatic carboxylic acids is 1. The van der Waals surface area contributed by atoms with E-state index in [0.717, 1.165) is 22.6 Å². The SMILES string of the molecule is Cc1nn(-c2ccccc2)c(C)c1CN(C)CCC(=O)O. The van der Waals surface area contributed by atoms with Crippen LogP contribution in [-0.2, 0) is 11.3 Å². The number of carbonyl (C=O) groups is 1. The molecule has 0 saturated heterocycles. The normalized spacial score (nSPS) is 11.0. The van der Waals surface area contributed by atoms with Gasteiger partial charge in [-0.3, -0.25) is 4.79 Å². The van der Waals surface area contributed by atoms with E-state index in [1.807, 2.05) is 60.8 Å². The minimum Gasteiger partial charge on any atom is -0.481 e. The Hall–Kier alpha value is -2.14. The molecule has 0 aliphatic carbocycles. The molecule has 0 fully saturated rings. The van der Waals surface area contributed by atoms with Crippen LogP contribution in [0.5, 0.6) is 0 Å². The predicted molar refractivity (Wildman–Crippen MR) is 81.6 cm³/mol. The lowest BCUT2D eigenvalue weighted by molar-refractivity contribution is -0.137. The van der Waals surface area contributed by atoms with E-state index in [1.54, 1.807) is 0 Å². The largest absolute Gasteiger partial charge is 0.481 e. The molecule has 0 atom stereocenters. The summed E-state index contributed by atoms with van der Waals surface area (Å²) in [6, 6.07) is 10.0. The summed E-state index contributed by atoms with van der Waals surface area (Å²) >= 11 is 0. The maximum atomic E-state index is 10.6. The average Bonchev–Trinajstić information content (AvgIpc) is 2.74. The highest BCUT2D eigenvalue weighted by Gasteiger charge is 2.14. The average molecular weight is 287 g/mol. The van der Waals surface area contributed by atoms with Gasteiger partial charge in [-0.1, -0.05) is 18.2 Å². The molecule has 2 aromatic rings. The van der Waals surface area contributed by atoms with Crippen LogP contribution >= 0.6 is 0 Å². The van der Waals surface area contributed by atoms with Gasteiger partial charge in [0.2, 0.25) is 0 Å². The molecule has 1 aromatic heterocycles. The van der Waals surface area contributed by atoms with Gasteiger partial charge in [-0.15, -0.1) is 0 Å². The number of para-hydroxylation sites is 1. The lowest BCUT2D eigenvalue weighted by Gasteiger charge is -2.15. The molecule has 0 aliphatic rings. The highest BCUT2D eigenvalue weighted by atomic mass is 16.4. The third-order valence-corrected chi connectivity index (χ3v) is 3.58. The number of nitrogens with zero attached hydrogens (tertiary/aromatic N) is 3. The zero-order valence-electron chi connectivity index (χ0n) is 12.7. The van der Waals surface area contributed by atoms with Gasteiger partial charge < -0.3 is 10.0 Å². The molecule has 5 heteroatoms. The highest BCUT2D eigenvalue weighted by molar-refractivity contribution is 5.66. The molecule has 0 spiro atoms. The van der Waals surface area contributed by atoms with E-state index >= 15 is 0 Å². The van der Waals surface area contributed by atoms with E-state index < -0.39 is 5.97 Å². The van der Waals surface area contributed by atoms with Gasteiger partial charge in [0.25, 0.3) is 0 Å². The summed E-state index contributed by atoms with van der Waals surface area (Å²) in [5.41, 5.74) is 4.28. The van der Waals surface area contributed by atoms with Crippen LogP contribution in [0, 0.1) is 13.8 Å². The molecule has 0 saturated carbocycles. The molecule has 1 heterocycles. The van der Waals surface area contributed by atoms with E-state index in [2.05, 4.69) is 5.10 Å². The maximum absolute atomic E-state index is 10.6. The number of aromatic nitrogens is 2. The van der Waals surface area contributed by atoms with Crippen molar-refractivity contribution in [3.8, 4) is 5.69 Å². The Balaban J connectivity index is 2.18. The monoisotopic (exact) mass is 287 g/mol. The van der Waals surface area contributed by atoms with Crippen molar-refractivity contribution >= 4 is 5.97 Å². The molecule has 112 valence electrons. The standard InChI is InChI=1S/C16H21N3O2/c1-12-15(11-18(3)10-9-16(20)21)13(2)19(17-12)14-7-5-4-6-8-14/h4-8H,9-11H2,1-3H3,(H,20,21).